The van der Waals surface area contributed by atoms with Gasteiger partial charge in [-0.15, -0.1) is 10.2 Å². The molecule has 1 saturated carbocycles. The van der Waals surface area contributed by atoms with E-state index in [1.165, 1.54) is 29.5 Å². The molecule has 0 spiro atoms. The third-order valence-corrected chi connectivity index (χ3v) is 8.84. The molecule has 1 aromatic heterocycles. The molecule has 2 aromatic carbocycles. The van der Waals surface area contributed by atoms with Crippen LogP contribution in [0.15, 0.2) is 42.7 Å². The van der Waals surface area contributed by atoms with Crippen molar-refractivity contribution in [1.82, 2.24) is 19.7 Å². The molecule has 4 aliphatic rings. The Kier molecular flexibility index (Phi) is 5.27. The highest BCUT2D eigenvalue weighted by molar-refractivity contribution is 6.10. The van der Waals surface area contributed by atoms with Crippen molar-refractivity contribution < 1.29 is 13.9 Å². The van der Waals surface area contributed by atoms with Crippen molar-refractivity contribution in [2.45, 2.75) is 56.3 Å². The standard InChI is InChI=1S/C29H32FN5O2/c1-18(34-12-22(30)13-34)20-8-24(19-6-7-19)26-14-35(28(36)25(26)9-20)23-5-3-4-21(10-23)29(15-37-16-29)11-27-32-31-17-33(27)2/h3-5,8-10,17-19,22H,6-7,11-16H2,1-2H3. The molecule has 1 unspecified atom stereocenters. The van der Waals surface area contributed by atoms with Gasteiger partial charge < -0.3 is 14.2 Å². The fourth-order valence-corrected chi connectivity index (χ4v) is 6.14. The number of amides is 1. The number of likely N-dealkylation sites (tertiary alicyclic amines) is 1. The van der Waals surface area contributed by atoms with Crippen molar-refractivity contribution >= 4 is 11.6 Å². The Hall–Kier alpha value is -3.10. The second-order valence-corrected chi connectivity index (χ2v) is 11.4. The summed E-state index contributed by atoms with van der Waals surface area (Å²) in [6, 6.07) is 12.8. The number of anilines is 1. The molecule has 3 fully saturated rings. The Bertz CT molecular complexity index is 1370. The van der Waals surface area contributed by atoms with Crippen molar-refractivity contribution in [2.24, 2.45) is 7.05 Å². The molecule has 192 valence electrons. The summed E-state index contributed by atoms with van der Waals surface area (Å²) >= 11 is 0. The molecule has 0 radical (unpaired) electrons. The van der Waals surface area contributed by atoms with E-state index in [2.05, 4.69) is 46.3 Å². The molecule has 3 aromatic rings. The van der Waals surface area contributed by atoms with Gasteiger partial charge in [0, 0.05) is 49.3 Å². The maximum Gasteiger partial charge on any atom is 0.258 e. The third-order valence-electron chi connectivity index (χ3n) is 8.84. The van der Waals surface area contributed by atoms with Crippen LogP contribution in [0.2, 0.25) is 0 Å². The highest BCUT2D eigenvalue weighted by Crippen LogP contribution is 2.47. The Labute approximate surface area is 216 Å². The number of carbonyl (C=O) groups excluding carboxylic acids is 1. The topological polar surface area (TPSA) is 63.5 Å². The number of hydrogen-bond donors (Lipinski definition) is 0. The smallest absolute Gasteiger partial charge is 0.258 e. The van der Waals surface area contributed by atoms with Gasteiger partial charge in [0.1, 0.15) is 18.3 Å². The molecule has 8 heteroatoms. The van der Waals surface area contributed by atoms with E-state index < -0.39 is 6.17 Å². The van der Waals surface area contributed by atoms with Gasteiger partial charge in [0.15, 0.2) is 0 Å². The van der Waals surface area contributed by atoms with Gasteiger partial charge in [0.2, 0.25) is 0 Å². The average molecular weight is 502 g/mol. The lowest BCUT2D eigenvalue weighted by Crippen LogP contribution is -2.49. The van der Waals surface area contributed by atoms with E-state index in [1.807, 2.05) is 28.6 Å². The Morgan fingerprint density at radius 3 is 2.65 bits per heavy atom. The third kappa shape index (κ3) is 3.80. The summed E-state index contributed by atoms with van der Waals surface area (Å²) in [5.74, 6) is 1.52. The number of carbonyl (C=O) groups is 1. The molecule has 0 bridgehead atoms. The lowest BCUT2D eigenvalue weighted by molar-refractivity contribution is -0.0611. The first-order valence-corrected chi connectivity index (χ1v) is 13.3. The molecule has 1 aliphatic carbocycles. The van der Waals surface area contributed by atoms with Crippen LogP contribution in [0.5, 0.6) is 0 Å². The number of benzene rings is 2. The maximum absolute atomic E-state index is 13.8. The minimum absolute atomic E-state index is 0.0577. The predicted octanol–water partition coefficient (Wildman–Crippen LogP) is 4.08. The number of hydrogen-bond acceptors (Lipinski definition) is 5. The number of fused-ring (bicyclic) bond motifs is 1. The van der Waals surface area contributed by atoms with Crippen molar-refractivity contribution in [1.29, 1.82) is 0 Å². The van der Waals surface area contributed by atoms with Crippen molar-refractivity contribution in [3.8, 4) is 0 Å². The molecule has 7 rings (SSSR count). The van der Waals surface area contributed by atoms with Gasteiger partial charge in [-0.3, -0.25) is 9.69 Å². The highest BCUT2D eigenvalue weighted by Gasteiger charge is 2.43. The predicted molar refractivity (Wildman–Crippen MR) is 137 cm³/mol. The first kappa shape index (κ1) is 23.0. The van der Waals surface area contributed by atoms with Gasteiger partial charge in [-0.05, 0) is 66.1 Å². The van der Waals surface area contributed by atoms with E-state index in [1.54, 1.807) is 6.33 Å². The summed E-state index contributed by atoms with van der Waals surface area (Å²) in [4.78, 5) is 17.9. The summed E-state index contributed by atoms with van der Waals surface area (Å²) in [6.45, 7) is 4.93. The maximum atomic E-state index is 13.8. The zero-order valence-corrected chi connectivity index (χ0v) is 21.4. The molecule has 1 amide bonds. The summed E-state index contributed by atoms with van der Waals surface area (Å²) in [5, 5.41) is 8.34. The summed E-state index contributed by atoms with van der Waals surface area (Å²) in [5.41, 5.74) is 6.34. The summed E-state index contributed by atoms with van der Waals surface area (Å²) < 4.78 is 21.2. The number of alkyl halides is 1. The van der Waals surface area contributed by atoms with Crippen molar-refractivity contribution in [3.05, 3.63) is 76.4 Å². The molecular weight excluding hydrogens is 469 g/mol. The number of rotatable bonds is 7. The van der Waals surface area contributed by atoms with Gasteiger partial charge in [-0.2, -0.15) is 0 Å². The van der Waals surface area contributed by atoms with Crippen molar-refractivity contribution in [2.75, 3.05) is 31.2 Å². The minimum atomic E-state index is -0.734. The molecule has 4 heterocycles. The van der Waals surface area contributed by atoms with E-state index in [9.17, 15) is 9.18 Å². The Morgan fingerprint density at radius 2 is 2.00 bits per heavy atom. The van der Waals surface area contributed by atoms with E-state index >= 15 is 0 Å². The lowest BCUT2D eigenvalue weighted by atomic mass is 9.75. The Morgan fingerprint density at radius 1 is 1.19 bits per heavy atom. The molecule has 3 aliphatic heterocycles. The fraction of sp³-hybridized carbons (Fsp3) is 0.483. The average Bonchev–Trinajstić information content (AvgIpc) is 3.55. The van der Waals surface area contributed by atoms with Crippen LogP contribution >= 0.6 is 0 Å². The van der Waals surface area contributed by atoms with E-state index in [4.69, 9.17) is 4.74 Å². The normalized spacial score (nSPS) is 22.0. The van der Waals surface area contributed by atoms with E-state index in [0.29, 0.717) is 38.8 Å². The number of halogens is 1. The molecular formula is C29H32FN5O2. The fourth-order valence-electron chi connectivity index (χ4n) is 6.14. The van der Waals surface area contributed by atoms with Gasteiger partial charge in [-0.25, -0.2) is 4.39 Å². The van der Waals surface area contributed by atoms with Crippen LogP contribution in [0.3, 0.4) is 0 Å². The quantitative estimate of drug-likeness (QED) is 0.488. The highest BCUT2D eigenvalue weighted by atomic mass is 19.1. The second kappa shape index (κ2) is 8.46. The SMILES string of the molecule is CC(c1cc2c(c(C3CC3)c1)CN(c1cccc(C3(Cc4nncn4C)COC3)c1)C2=O)N1CC(F)C1. The first-order chi connectivity index (χ1) is 17.9. The number of nitrogens with zero attached hydrogens (tertiary/aromatic N) is 5. The van der Waals surface area contributed by atoms with Gasteiger partial charge in [-0.1, -0.05) is 18.2 Å². The number of aryl methyl sites for hydroxylation is 1. The summed E-state index contributed by atoms with van der Waals surface area (Å²) in [6.07, 6.45) is 4.08. The molecule has 1 atom stereocenters. The van der Waals surface area contributed by atoms with Crippen LogP contribution in [-0.4, -0.2) is 58.0 Å². The minimum Gasteiger partial charge on any atom is -0.379 e. The molecule has 0 N–H and O–H groups in total. The summed E-state index contributed by atoms with van der Waals surface area (Å²) in [7, 11) is 1.96. The van der Waals surface area contributed by atoms with Crippen LogP contribution in [-0.2, 0) is 30.2 Å². The molecule has 37 heavy (non-hydrogen) atoms. The van der Waals surface area contributed by atoms with E-state index in [0.717, 1.165) is 29.1 Å². The lowest BCUT2D eigenvalue weighted by Gasteiger charge is -2.42. The van der Waals surface area contributed by atoms with Crippen LogP contribution in [0.4, 0.5) is 10.1 Å². The monoisotopic (exact) mass is 501 g/mol. The zero-order valence-electron chi connectivity index (χ0n) is 21.4. The second-order valence-electron chi connectivity index (χ2n) is 11.4. The first-order valence-electron chi connectivity index (χ1n) is 13.3. The van der Waals surface area contributed by atoms with Gasteiger partial charge >= 0.3 is 0 Å². The largest absolute Gasteiger partial charge is 0.379 e. The number of ether oxygens (including phenoxy) is 1. The number of aromatic nitrogens is 3. The van der Waals surface area contributed by atoms with Crippen molar-refractivity contribution in [3.63, 3.8) is 0 Å². The zero-order chi connectivity index (χ0) is 25.3. The van der Waals surface area contributed by atoms with Gasteiger partial charge in [0.25, 0.3) is 5.91 Å². The van der Waals surface area contributed by atoms with Gasteiger partial charge in [0.05, 0.1) is 19.8 Å². The van der Waals surface area contributed by atoms with Crippen LogP contribution in [0.1, 0.15) is 70.2 Å². The van der Waals surface area contributed by atoms with Crippen LogP contribution in [0, 0.1) is 0 Å². The van der Waals surface area contributed by atoms with E-state index in [-0.39, 0.29) is 17.4 Å². The van der Waals surface area contributed by atoms with Crippen LogP contribution in [0.25, 0.3) is 0 Å². The molecule has 2 saturated heterocycles. The van der Waals surface area contributed by atoms with Crippen LogP contribution < -0.4 is 4.90 Å². The molecule has 7 nitrogen and oxygen atoms in total. The Balaban J connectivity index is 1.20.